The van der Waals surface area contributed by atoms with Gasteiger partial charge in [0.05, 0.1) is 17.0 Å². The van der Waals surface area contributed by atoms with E-state index in [0.717, 1.165) is 41.5 Å². The van der Waals surface area contributed by atoms with Gasteiger partial charge in [0.15, 0.2) is 5.71 Å². The van der Waals surface area contributed by atoms with E-state index in [0.29, 0.717) is 28.2 Å². The molecule has 1 heterocycles. The summed E-state index contributed by atoms with van der Waals surface area (Å²) in [4.78, 5) is 24.6. The van der Waals surface area contributed by atoms with Gasteiger partial charge in [0.25, 0.3) is 0 Å². The number of benzene rings is 3. The first-order chi connectivity index (χ1) is 17.2. The quantitative estimate of drug-likeness (QED) is 0.348. The fourth-order valence-electron chi connectivity index (χ4n) is 4.66. The van der Waals surface area contributed by atoms with E-state index < -0.39 is 5.97 Å². The number of hydrogen-bond acceptors (Lipinski definition) is 6. The molecule has 0 unspecified atom stereocenters. The number of amides is 1. The van der Waals surface area contributed by atoms with E-state index in [1.807, 2.05) is 38.1 Å². The minimum Gasteiger partial charge on any atom is -0.505 e. The van der Waals surface area contributed by atoms with Crippen molar-refractivity contribution >= 4 is 34.7 Å². The lowest BCUT2D eigenvalue weighted by atomic mass is 9.96. The molecule has 0 saturated heterocycles. The summed E-state index contributed by atoms with van der Waals surface area (Å²) in [7, 11) is 0. The molecule has 0 saturated carbocycles. The van der Waals surface area contributed by atoms with Gasteiger partial charge >= 0.3 is 11.9 Å². The van der Waals surface area contributed by atoms with Crippen molar-refractivity contribution in [1.82, 2.24) is 0 Å². The number of carbonyl (C=O) groups excluding carboxylic acids is 1. The largest absolute Gasteiger partial charge is 0.505 e. The molecule has 3 N–H and O–H groups in total. The van der Waals surface area contributed by atoms with Gasteiger partial charge in [-0.3, -0.25) is 10.2 Å². The number of phenols is 1. The Kier molecular flexibility index (Phi) is 5.80. The molecular weight excluding hydrogens is 456 g/mol. The van der Waals surface area contributed by atoms with Crippen LogP contribution >= 0.6 is 0 Å². The summed E-state index contributed by atoms with van der Waals surface area (Å²) in [6, 6.07) is 14.1. The number of aromatic carboxylic acids is 1. The molecule has 36 heavy (non-hydrogen) atoms. The van der Waals surface area contributed by atoms with Gasteiger partial charge in [0.1, 0.15) is 11.4 Å². The van der Waals surface area contributed by atoms with Gasteiger partial charge in [-0.25, -0.2) is 4.79 Å². The van der Waals surface area contributed by atoms with Crippen LogP contribution in [-0.4, -0.2) is 33.5 Å². The Hall–Kier alpha value is -4.46. The van der Waals surface area contributed by atoms with E-state index in [4.69, 9.17) is 0 Å². The molecule has 0 aromatic heterocycles. The highest BCUT2D eigenvalue weighted by atomic mass is 16.4. The number of aromatic hydroxyl groups is 1. The number of hydrazone groups is 2. The third kappa shape index (κ3) is 4.00. The van der Waals surface area contributed by atoms with Crippen LogP contribution in [0.1, 0.15) is 46.0 Å². The predicted molar refractivity (Wildman–Crippen MR) is 140 cm³/mol. The Labute approximate surface area is 208 Å². The number of carboxylic acid groups (broad SMARTS) is 1. The highest BCUT2D eigenvalue weighted by molar-refractivity contribution is 6.71. The van der Waals surface area contributed by atoms with Crippen molar-refractivity contribution in [2.75, 3.05) is 10.4 Å². The molecule has 3 aromatic rings. The van der Waals surface area contributed by atoms with Crippen LogP contribution in [0.4, 0.5) is 11.4 Å². The number of phenolic OH excluding ortho intramolecular Hbond substituents is 1. The summed E-state index contributed by atoms with van der Waals surface area (Å²) in [5.41, 5.74) is 10.1. The smallest absolute Gasteiger partial charge is 0.335 e. The molecule has 0 atom stereocenters. The molecule has 8 nitrogen and oxygen atoms in total. The lowest BCUT2D eigenvalue weighted by Gasteiger charge is -2.16. The number of nitrogens with one attached hydrogen (secondary N) is 1. The topological polar surface area (TPSA) is 115 Å². The highest BCUT2D eigenvalue weighted by Crippen LogP contribution is 2.43. The van der Waals surface area contributed by atoms with E-state index >= 15 is 0 Å². The van der Waals surface area contributed by atoms with Gasteiger partial charge in [-0.05, 0) is 98.2 Å². The van der Waals surface area contributed by atoms with Gasteiger partial charge in [-0.1, -0.05) is 18.2 Å². The fourth-order valence-corrected chi connectivity index (χ4v) is 4.66. The Morgan fingerprint density at radius 1 is 1.06 bits per heavy atom. The fraction of sp³-hybridized carbons (Fsp3) is 0.214. The zero-order valence-electron chi connectivity index (χ0n) is 20.3. The average molecular weight is 483 g/mol. The van der Waals surface area contributed by atoms with Gasteiger partial charge in [-0.2, -0.15) is 15.2 Å². The van der Waals surface area contributed by atoms with E-state index in [1.54, 1.807) is 19.1 Å². The second kappa shape index (κ2) is 8.96. The monoisotopic (exact) mass is 482 g/mol. The molecule has 1 aliphatic heterocycles. The second-order valence-electron chi connectivity index (χ2n) is 9.17. The minimum atomic E-state index is -1.04. The summed E-state index contributed by atoms with van der Waals surface area (Å²) < 4.78 is 0. The number of rotatable bonds is 5. The number of fused-ring (bicyclic) bond motifs is 1. The first-order valence-corrected chi connectivity index (χ1v) is 11.8. The zero-order valence-corrected chi connectivity index (χ0v) is 20.3. The maximum absolute atomic E-state index is 13.2. The molecular formula is C28H26N4O4. The van der Waals surface area contributed by atoms with Crippen molar-refractivity contribution in [1.29, 1.82) is 0 Å². The lowest BCUT2D eigenvalue weighted by Crippen LogP contribution is -2.28. The summed E-state index contributed by atoms with van der Waals surface area (Å²) >= 11 is 0. The van der Waals surface area contributed by atoms with Crippen LogP contribution in [0.25, 0.3) is 11.1 Å². The minimum absolute atomic E-state index is 0.0337. The van der Waals surface area contributed by atoms with Crippen LogP contribution in [0.5, 0.6) is 5.75 Å². The molecule has 3 aromatic carbocycles. The van der Waals surface area contributed by atoms with Gasteiger partial charge in [0.2, 0.25) is 0 Å². The average Bonchev–Trinajstić information content (AvgIpc) is 3.44. The summed E-state index contributed by atoms with van der Waals surface area (Å²) in [5, 5.41) is 30.7. The standard InChI is InChI=1S/C28H26N4O4/c1-15-10-11-21(12-16(15)2)32-27(34)24(17(3)31-32)29-30-25-22-9-5-7-19(22)14-23(26(25)33)18-6-4-8-20(13-18)28(35)36/h4,6,8,10-14,30,33H,5,7,9H2,1-3H3,(H,35,36)/b29-24-. The maximum Gasteiger partial charge on any atom is 0.335 e. The summed E-state index contributed by atoms with van der Waals surface area (Å²) in [6.45, 7) is 5.71. The lowest BCUT2D eigenvalue weighted by molar-refractivity contribution is -0.112. The molecule has 1 aliphatic carbocycles. The summed E-state index contributed by atoms with van der Waals surface area (Å²) in [5.74, 6) is -1.43. The first kappa shape index (κ1) is 23.3. The Morgan fingerprint density at radius 2 is 1.86 bits per heavy atom. The van der Waals surface area contributed by atoms with Crippen LogP contribution < -0.4 is 10.4 Å². The maximum atomic E-state index is 13.2. The Balaban J connectivity index is 1.51. The summed E-state index contributed by atoms with van der Waals surface area (Å²) in [6.07, 6.45) is 2.53. The molecule has 0 spiro atoms. The van der Waals surface area contributed by atoms with Crippen LogP contribution in [0.2, 0.25) is 0 Å². The van der Waals surface area contributed by atoms with E-state index in [1.165, 1.54) is 17.1 Å². The van der Waals surface area contributed by atoms with Crippen molar-refractivity contribution in [2.24, 2.45) is 10.2 Å². The first-order valence-electron chi connectivity index (χ1n) is 11.8. The molecule has 0 fully saturated rings. The number of aryl methyl sites for hydroxylation is 3. The van der Waals surface area contributed by atoms with E-state index in [-0.39, 0.29) is 22.9 Å². The number of carbonyl (C=O) groups is 2. The van der Waals surface area contributed by atoms with Crippen molar-refractivity contribution in [2.45, 2.75) is 40.0 Å². The molecule has 0 bridgehead atoms. The number of hydrogen-bond donors (Lipinski definition) is 3. The third-order valence-corrected chi connectivity index (χ3v) is 6.80. The normalized spacial score (nSPS) is 15.9. The van der Waals surface area contributed by atoms with E-state index in [9.17, 15) is 19.8 Å². The van der Waals surface area contributed by atoms with Crippen molar-refractivity contribution in [3.05, 3.63) is 76.3 Å². The predicted octanol–water partition coefficient (Wildman–Crippen LogP) is 5.05. The molecule has 1 amide bonds. The Morgan fingerprint density at radius 3 is 2.61 bits per heavy atom. The number of nitrogens with zero attached hydrogens (tertiary/aromatic N) is 3. The van der Waals surface area contributed by atoms with Gasteiger partial charge < -0.3 is 10.2 Å². The zero-order chi connectivity index (χ0) is 25.6. The van der Waals surface area contributed by atoms with Crippen LogP contribution in [0.15, 0.2) is 58.7 Å². The SMILES string of the molecule is CC1=NN(c2ccc(C)c(C)c2)C(=O)/C1=N\Nc1c(O)c(-c2cccc(C(=O)O)c2)cc2c1CCC2. The molecule has 8 heteroatoms. The van der Waals surface area contributed by atoms with Crippen LogP contribution in [-0.2, 0) is 17.6 Å². The van der Waals surface area contributed by atoms with Crippen molar-refractivity contribution < 1.29 is 19.8 Å². The molecule has 0 radical (unpaired) electrons. The number of carboxylic acids is 1. The third-order valence-electron chi connectivity index (χ3n) is 6.80. The van der Waals surface area contributed by atoms with Crippen LogP contribution in [0.3, 0.4) is 0 Å². The second-order valence-corrected chi connectivity index (χ2v) is 9.17. The molecule has 2 aliphatic rings. The van der Waals surface area contributed by atoms with Crippen LogP contribution in [0, 0.1) is 13.8 Å². The van der Waals surface area contributed by atoms with Crippen molar-refractivity contribution in [3.63, 3.8) is 0 Å². The van der Waals surface area contributed by atoms with Crippen molar-refractivity contribution in [3.8, 4) is 16.9 Å². The van der Waals surface area contributed by atoms with Gasteiger partial charge in [0, 0.05) is 5.56 Å². The Bertz CT molecular complexity index is 1490. The molecule has 182 valence electrons. The molecule has 5 rings (SSSR count). The van der Waals surface area contributed by atoms with Gasteiger partial charge in [-0.15, -0.1) is 0 Å². The highest BCUT2D eigenvalue weighted by Gasteiger charge is 2.31. The van der Waals surface area contributed by atoms with E-state index in [2.05, 4.69) is 15.6 Å². The number of anilines is 2.